The topological polar surface area (TPSA) is 31.9 Å². The number of hydrogen-bond donors (Lipinski definition) is 1. The predicted molar refractivity (Wildman–Crippen MR) is 72.2 cm³/mol. The molecule has 2 aliphatic rings. The molecule has 1 aromatic heterocycles. The van der Waals surface area contributed by atoms with Gasteiger partial charge in [0.25, 0.3) is 0 Å². The molecule has 1 saturated heterocycles. The molecule has 0 spiro atoms. The molecule has 1 atom stereocenters. The molecule has 1 N–H and O–H groups in total. The van der Waals surface area contributed by atoms with E-state index in [2.05, 4.69) is 33.3 Å². The fraction of sp³-hybridized carbons (Fsp3) is 0.533. The molecule has 1 unspecified atom stereocenters. The summed E-state index contributed by atoms with van der Waals surface area (Å²) < 4.78 is 0. The highest BCUT2D eigenvalue weighted by atomic mass is 15.2. The summed E-state index contributed by atoms with van der Waals surface area (Å²) in [5, 5.41) is 8.51. The lowest BCUT2D eigenvalue weighted by Crippen LogP contribution is -2.30. The summed E-state index contributed by atoms with van der Waals surface area (Å²) in [6, 6.07) is 7.35. The first-order valence-electron chi connectivity index (χ1n) is 7.07. The largest absolute Gasteiger partial charge is 0.296 e. The second-order valence-corrected chi connectivity index (χ2v) is 5.77. The van der Waals surface area contributed by atoms with Crippen LogP contribution < -0.4 is 0 Å². The van der Waals surface area contributed by atoms with E-state index in [1.807, 2.05) is 6.20 Å². The van der Waals surface area contributed by atoms with E-state index in [9.17, 15) is 0 Å². The third-order valence-electron chi connectivity index (χ3n) is 4.53. The van der Waals surface area contributed by atoms with E-state index in [-0.39, 0.29) is 0 Å². The monoisotopic (exact) mass is 241 g/mol. The minimum atomic E-state index is 0.854. The molecule has 2 fully saturated rings. The van der Waals surface area contributed by atoms with Crippen molar-refractivity contribution in [3.8, 4) is 0 Å². The normalized spacial score (nSPS) is 25.0. The Labute approximate surface area is 107 Å². The van der Waals surface area contributed by atoms with Crippen molar-refractivity contribution in [1.29, 1.82) is 0 Å². The fourth-order valence-electron chi connectivity index (χ4n) is 3.45. The summed E-state index contributed by atoms with van der Waals surface area (Å²) in [4.78, 5) is 2.69. The van der Waals surface area contributed by atoms with Gasteiger partial charge in [0.1, 0.15) is 0 Å². The van der Waals surface area contributed by atoms with Gasteiger partial charge in [-0.1, -0.05) is 12.1 Å². The summed E-state index contributed by atoms with van der Waals surface area (Å²) in [6.07, 6.45) is 7.66. The molecule has 0 radical (unpaired) electrons. The minimum absolute atomic E-state index is 0.854. The average molecular weight is 241 g/mol. The van der Waals surface area contributed by atoms with E-state index in [0.29, 0.717) is 0 Å². The summed E-state index contributed by atoms with van der Waals surface area (Å²) in [5.74, 6) is 0.996. The number of H-pyrrole nitrogens is 1. The molecule has 1 aromatic carbocycles. The summed E-state index contributed by atoms with van der Waals surface area (Å²) >= 11 is 0. The summed E-state index contributed by atoms with van der Waals surface area (Å²) in [5.41, 5.74) is 2.59. The highest BCUT2D eigenvalue weighted by Crippen LogP contribution is 2.40. The Kier molecular flexibility index (Phi) is 2.40. The smallest absolute Gasteiger partial charge is 0.0653 e. The second kappa shape index (κ2) is 4.09. The zero-order chi connectivity index (χ0) is 11.9. The number of rotatable bonds is 3. The van der Waals surface area contributed by atoms with Crippen molar-refractivity contribution in [2.45, 2.75) is 38.3 Å². The van der Waals surface area contributed by atoms with Crippen LogP contribution in [0.5, 0.6) is 0 Å². The predicted octanol–water partition coefficient (Wildman–Crippen LogP) is 2.94. The van der Waals surface area contributed by atoms with Crippen LogP contribution in [0.25, 0.3) is 10.9 Å². The lowest BCUT2D eigenvalue weighted by molar-refractivity contribution is 0.224. The van der Waals surface area contributed by atoms with Gasteiger partial charge in [0, 0.05) is 18.0 Å². The van der Waals surface area contributed by atoms with E-state index in [0.717, 1.165) is 24.0 Å². The summed E-state index contributed by atoms with van der Waals surface area (Å²) in [6.45, 7) is 2.37. The number of aromatic amines is 1. The van der Waals surface area contributed by atoms with Crippen molar-refractivity contribution in [3.05, 3.63) is 30.0 Å². The van der Waals surface area contributed by atoms with Crippen LogP contribution in [0.15, 0.2) is 24.4 Å². The van der Waals surface area contributed by atoms with Crippen LogP contribution in [0.2, 0.25) is 0 Å². The molecule has 2 aromatic rings. The molecule has 0 bridgehead atoms. The Bertz CT molecular complexity index is 556. The highest BCUT2D eigenvalue weighted by molar-refractivity contribution is 5.81. The maximum absolute atomic E-state index is 4.16. The SMILES string of the molecule is c1cc(CN2CCCC2C2CC2)c2cn[nH]c2c1. The van der Waals surface area contributed by atoms with Crippen LogP contribution in [0.1, 0.15) is 31.2 Å². The number of nitrogens with one attached hydrogen (secondary N) is 1. The molecule has 3 heteroatoms. The van der Waals surface area contributed by atoms with Crippen molar-refractivity contribution in [3.63, 3.8) is 0 Å². The number of likely N-dealkylation sites (tertiary alicyclic amines) is 1. The first-order chi connectivity index (χ1) is 8.92. The average Bonchev–Trinajstić information content (AvgIpc) is 2.93. The number of nitrogens with zero attached hydrogens (tertiary/aromatic N) is 2. The van der Waals surface area contributed by atoms with Crippen LogP contribution in [0.4, 0.5) is 0 Å². The van der Waals surface area contributed by atoms with E-state index in [4.69, 9.17) is 0 Å². The van der Waals surface area contributed by atoms with Crippen molar-refractivity contribution < 1.29 is 0 Å². The molecule has 1 aliphatic carbocycles. The Morgan fingerprint density at radius 3 is 3.11 bits per heavy atom. The van der Waals surface area contributed by atoms with Gasteiger partial charge in [-0.15, -0.1) is 0 Å². The molecule has 0 amide bonds. The molecule has 3 nitrogen and oxygen atoms in total. The van der Waals surface area contributed by atoms with Crippen molar-refractivity contribution in [1.82, 2.24) is 15.1 Å². The van der Waals surface area contributed by atoms with Crippen LogP contribution in [-0.2, 0) is 6.54 Å². The Morgan fingerprint density at radius 2 is 2.22 bits per heavy atom. The van der Waals surface area contributed by atoms with Gasteiger partial charge in [0.2, 0.25) is 0 Å². The number of fused-ring (bicyclic) bond motifs is 1. The molecule has 94 valence electrons. The number of aromatic nitrogens is 2. The molecular formula is C15H19N3. The first-order valence-corrected chi connectivity index (χ1v) is 7.07. The van der Waals surface area contributed by atoms with E-state index < -0.39 is 0 Å². The van der Waals surface area contributed by atoms with E-state index in [1.165, 1.54) is 43.2 Å². The quantitative estimate of drug-likeness (QED) is 0.896. The molecular weight excluding hydrogens is 222 g/mol. The van der Waals surface area contributed by atoms with Gasteiger partial charge < -0.3 is 0 Å². The van der Waals surface area contributed by atoms with Gasteiger partial charge in [-0.3, -0.25) is 10.00 Å². The standard InChI is InChI=1S/C15H19N3/c1-3-12(13-9-16-17-14(13)4-1)10-18-8-2-5-15(18)11-6-7-11/h1,3-4,9,11,15H,2,5-8,10H2,(H,16,17). The molecule has 4 rings (SSSR count). The van der Waals surface area contributed by atoms with E-state index >= 15 is 0 Å². The van der Waals surface area contributed by atoms with Gasteiger partial charge >= 0.3 is 0 Å². The molecule has 2 heterocycles. The van der Waals surface area contributed by atoms with Gasteiger partial charge in [-0.25, -0.2) is 0 Å². The maximum atomic E-state index is 4.16. The van der Waals surface area contributed by atoms with Crippen LogP contribution in [0.3, 0.4) is 0 Å². The second-order valence-electron chi connectivity index (χ2n) is 5.77. The fourth-order valence-corrected chi connectivity index (χ4v) is 3.45. The zero-order valence-electron chi connectivity index (χ0n) is 10.6. The van der Waals surface area contributed by atoms with E-state index in [1.54, 1.807) is 0 Å². The third-order valence-corrected chi connectivity index (χ3v) is 4.53. The zero-order valence-corrected chi connectivity index (χ0v) is 10.6. The Balaban J connectivity index is 1.61. The third kappa shape index (κ3) is 1.74. The highest BCUT2D eigenvalue weighted by Gasteiger charge is 2.37. The van der Waals surface area contributed by atoms with Crippen LogP contribution in [-0.4, -0.2) is 27.7 Å². The van der Waals surface area contributed by atoms with Crippen molar-refractivity contribution in [2.24, 2.45) is 5.92 Å². The summed E-state index contributed by atoms with van der Waals surface area (Å²) in [7, 11) is 0. The lowest BCUT2D eigenvalue weighted by atomic mass is 10.1. The van der Waals surface area contributed by atoms with Gasteiger partial charge in [-0.05, 0) is 49.8 Å². The maximum Gasteiger partial charge on any atom is 0.0653 e. The number of hydrogen-bond acceptors (Lipinski definition) is 2. The van der Waals surface area contributed by atoms with Crippen LogP contribution in [0, 0.1) is 5.92 Å². The Morgan fingerprint density at radius 1 is 1.28 bits per heavy atom. The first kappa shape index (κ1) is 10.6. The van der Waals surface area contributed by atoms with Gasteiger partial charge in [-0.2, -0.15) is 5.10 Å². The van der Waals surface area contributed by atoms with Gasteiger partial charge in [0.05, 0.1) is 11.7 Å². The minimum Gasteiger partial charge on any atom is -0.296 e. The molecule has 1 saturated carbocycles. The van der Waals surface area contributed by atoms with Crippen LogP contribution >= 0.6 is 0 Å². The lowest BCUT2D eigenvalue weighted by Gasteiger charge is -2.24. The van der Waals surface area contributed by atoms with Crippen molar-refractivity contribution in [2.75, 3.05) is 6.54 Å². The van der Waals surface area contributed by atoms with Crippen molar-refractivity contribution >= 4 is 10.9 Å². The molecule has 1 aliphatic heterocycles. The molecule has 18 heavy (non-hydrogen) atoms. The Hall–Kier alpha value is -1.35. The van der Waals surface area contributed by atoms with Gasteiger partial charge in [0.15, 0.2) is 0 Å². The number of benzene rings is 1.